The second-order valence-corrected chi connectivity index (χ2v) is 15.6. The van der Waals surface area contributed by atoms with Crippen LogP contribution in [0.3, 0.4) is 0 Å². The number of esters is 3. The van der Waals surface area contributed by atoms with E-state index in [0.29, 0.717) is 19.3 Å². The molecular formula is C58H86O6. The molecule has 0 aromatic rings. The summed E-state index contributed by atoms with van der Waals surface area (Å²) in [5, 5.41) is 0. The predicted octanol–water partition coefficient (Wildman–Crippen LogP) is 16.2. The van der Waals surface area contributed by atoms with Gasteiger partial charge >= 0.3 is 17.9 Å². The summed E-state index contributed by atoms with van der Waals surface area (Å²) >= 11 is 0. The van der Waals surface area contributed by atoms with E-state index in [1.807, 2.05) is 122 Å². The van der Waals surface area contributed by atoms with Crippen molar-refractivity contribution in [3.8, 4) is 0 Å². The topological polar surface area (TPSA) is 78.9 Å². The minimum absolute atomic E-state index is 0.123. The molecule has 0 radical (unpaired) electrons. The summed E-state index contributed by atoms with van der Waals surface area (Å²) in [6.07, 6.45) is 73.6. The van der Waals surface area contributed by atoms with Crippen molar-refractivity contribution >= 4 is 17.9 Å². The molecule has 0 aliphatic carbocycles. The van der Waals surface area contributed by atoms with Gasteiger partial charge in [0.05, 0.1) is 0 Å². The van der Waals surface area contributed by atoms with Crippen molar-refractivity contribution in [3.05, 3.63) is 158 Å². The molecule has 0 saturated carbocycles. The number of hydrogen-bond acceptors (Lipinski definition) is 6. The van der Waals surface area contributed by atoms with Crippen molar-refractivity contribution in [1.29, 1.82) is 0 Å². The summed E-state index contributed by atoms with van der Waals surface area (Å²) in [4.78, 5) is 37.9. The van der Waals surface area contributed by atoms with Crippen LogP contribution in [0.1, 0.15) is 168 Å². The van der Waals surface area contributed by atoms with Crippen LogP contribution in [-0.2, 0) is 28.6 Å². The normalized spacial score (nSPS) is 13.5. The van der Waals surface area contributed by atoms with Crippen molar-refractivity contribution in [1.82, 2.24) is 0 Å². The summed E-state index contributed by atoms with van der Waals surface area (Å²) in [5.41, 5.74) is 0. The van der Waals surface area contributed by atoms with Gasteiger partial charge in [-0.25, -0.2) is 0 Å². The van der Waals surface area contributed by atoms with E-state index in [9.17, 15) is 14.4 Å². The maximum atomic E-state index is 12.8. The Hall–Kier alpha value is -4.97. The van der Waals surface area contributed by atoms with Gasteiger partial charge in [0.2, 0.25) is 0 Å². The summed E-state index contributed by atoms with van der Waals surface area (Å²) in [5.74, 6) is -1.04. The molecule has 0 rings (SSSR count). The van der Waals surface area contributed by atoms with Gasteiger partial charge in [-0.05, 0) is 83.5 Å². The monoisotopic (exact) mass is 879 g/mol. The van der Waals surface area contributed by atoms with Crippen LogP contribution in [-0.4, -0.2) is 37.2 Å². The van der Waals surface area contributed by atoms with E-state index >= 15 is 0 Å². The average molecular weight is 879 g/mol. The van der Waals surface area contributed by atoms with Gasteiger partial charge in [-0.2, -0.15) is 0 Å². The maximum absolute atomic E-state index is 12.8. The molecule has 0 aromatic carbocycles. The quantitative estimate of drug-likeness (QED) is 0.0200. The lowest BCUT2D eigenvalue weighted by Crippen LogP contribution is -2.30. The SMILES string of the molecule is CC\C=C/C=C\C=C/C=C\C=C/CCCCCC(=O)OC(COC(=O)CCCCC\C=C/C=C\C=C\C=C/C=C\C=C/C=C\CC)COC(=O)CCCCCCC/C=C\CCCCC. The second-order valence-electron chi connectivity index (χ2n) is 15.6. The van der Waals surface area contributed by atoms with E-state index in [0.717, 1.165) is 83.5 Å². The first-order valence-electron chi connectivity index (χ1n) is 24.7. The smallest absolute Gasteiger partial charge is 0.306 e. The van der Waals surface area contributed by atoms with E-state index in [2.05, 4.69) is 57.2 Å². The summed E-state index contributed by atoms with van der Waals surface area (Å²) in [7, 11) is 0. The lowest BCUT2D eigenvalue weighted by molar-refractivity contribution is -0.167. The zero-order valence-electron chi connectivity index (χ0n) is 40.2. The van der Waals surface area contributed by atoms with Crippen LogP contribution >= 0.6 is 0 Å². The van der Waals surface area contributed by atoms with E-state index in [1.54, 1.807) is 0 Å². The number of unbranched alkanes of at least 4 members (excludes halogenated alkanes) is 14. The highest BCUT2D eigenvalue weighted by Gasteiger charge is 2.19. The molecule has 0 aromatic heterocycles. The highest BCUT2D eigenvalue weighted by molar-refractivity contribution is 5.71. The Balaban J connectivity index is 4.62. The first-order valence-corrected chi connectivity index (χ1v) is 24.7. The van der Waals surface area contributed by atoms with E-state index < -0.39 is 6.10 Å². The zero-order valence-corrected chi connectivity index (χ0v) is 40.2. The minimum atomic E-state index is -0.830. The van der Waals surface area contributed by atoms with Crippen molar-refractivity contribution in [3.63, 3.8) is 0 Å². The highest BCUT2D eigenvalue weighted by Crippen LogP contribution is 2.12. The standard InChI is InChI=1S/C58H86O6/c1-4-7-10-13-16-19-22-25-27-28-29-30-32-33-36-39-42-45-48-51-57(60)63-54-55(53-62-56(59)50-47-44-41-38-35-24-21-18-15-12-9-6-3)64-58(61)52-49-46-43-40-37-34-31-26-23-20-17-14-11-8-5-2/h7-8,10-11,13-14,16-23,25-34,36-37,55H,4-6,9,12,15,24,35,38-54H2,1-3H3/b10-7-,11-8-,16-13-,17-14-,21-18-,22-19-,23-20-,27-25-,29-28+,31-26-,32-30-,36-33-,37-34-. The van der Waals surface area contributed by atoms with E-state index in [4.69, 9.17) is 14.2 Å². The van der Waals surface area contributed by atoms with Gasteiger partial charge in [0.25, 0.3) is 0 Å². The lowest BCUT2D eigenvalue weighted by atomic mass is 10.1. The van der Waals surface area contributed by atoms with Gasteiger partial charge in [0.15, 0.2) is 6.10 Å². The van der Waals surface area contributed by atoms with Crippen molar-refractivity contribution < 1.29 is 28.6 Å². The number of rotatable bonds is 41. The maximum Gasteiger partial charge on any atom is 0.306 e. The molecule has 64 heavy (non-hydrogen) atoms. The molecule has 6 heteroatoms. The first-order chi connectivity index (χ1) is 31.5. The van der Waals surface area contributed by atoms with Gasteiger partial charge in [-0.1, -0.05) is 224 Å². The van der Waals surface area contributed by atoms with Gasteiger partial charge < -0.3 is 14.2 Å². The van der Waals surface area contributed by atoms with Crippen LogP contribution in [0, 0.1) is 0 Å². The third kappa shape index (κ3) is 48.1. The Morgan fingerprint density at radius 3 is 1.02 bits per heavy atom. The molecule has 0 aliphatic rings. The molecule has 1 unspecified atom stereocenters. The van der Waals surface area contributed by atoms with Crippen LogP contribution in [0.5, 0.6) is 0 Å². The predicted molar refractivity (Wildman–Crippen MR) is 274 cm³/mol. The summed E-state index contributed by atoms with van der Waals surface area (Å²) in [6, 6.07) is 0. The van der Waals surface area contributed by atoms with E-state index in [-0.39, 0.29) is 44.0 Å². The molecule has 0 heterocycles. The molecular weight excluding hydrogens is 793 g/mol. The molecule has 1 atom stereocenters. The third-order valence-electron chi connectivity index (χ3n) is 9.57. The van der Waals surface area contributed by atoms with Gasteiger partial charge in [-0.15, -0.1) is 0 Å². The molecule has 0 amide bonds. The van der Waals surface area contributed by atoms with E-state index in [1.165, 1.54) is 32.1 Å². The van der Waals surface area contributed by atoms with Crippen LogP contribution in [0.15, 0.2) is 158 Å². The molecule has 354 valence electrons. The number of hydrogen-bond donors (Lipinski definition) is 0. The molecule has 6 nitrogen and oxygen atoms in total. The molecule has 0 aliphatic heterocycles. The van der Waals surface area contributed by atoms with Gasteiger partial charge in [-0.3, -0.25) is 14.4 Å². The van der Waals surface area contributed by atoms with Gasteiger partial charge in [0.1, 0.15) is 13.2 Å². The minimum Gasteiger partial charge on any atom is -0.462 e. The average Bonchev–Trinajstić information content (AvgIpc) is 3.29. The first kappa shape index (κ1) is 59.0. The van der Waals surface area contributed by atoms with Crippen LogP contribution in [0.25, 0.3) is 0 Å². The number of ether oxygens (including phenoxy) is 3. The molecule has 0 spiro atoms. The summed E-state index contributed by atoms with van der Waals surface area (Å²) in [6.45, 7) is 6.20. The number of carbonyl (C=O) groups excluding carboxylic acids is 3. The fourth-order valence-electron chi connectivity index (χ4n) is 5.91. The summed E-state index contributed by atoms with van der Waals surface area (Å²) < 4.78 is 16.7. The van der Waals surface area contributed by atoms with Crippen molar-refractivity contribution in [2.75, 3.05) is 13.2 Å². The zero-order chi connectivity index (χ0) is 46.5. The Labute approximate surface area is 390 Å². The highest BCUT2D eigenvalue weighted by atomic mass is 16.6. The largest absolute Gasteiger partial charge is 0.462 e. The number of carbonyl (C=O) groups is 3. The fourth-order valence-corrected chi connectivity index (χ4v) is 5.91. The fraction of sp³-hybridized carbons (Fsp3) is 0.500. The van der Waals surface area contributed by atoms with Crippen LogP contribution in [0.2, 0.25) is 0 Å². The Kier molecular flexibility index (Phi) is 46.7. The molecule has 0 saturated heterocycles. The Morgan fingerprint density at radius 2 is 0.625 bits per heavy atom. The van der Waals surface area contributed by atoms with Crippen LogP contribution < -0.4 is 0 Å². The van der Waals surface area contributed by atoms with Gasteiger partial charge in [0, 0.05) is 19.3 Å². The number of allylic oxidation sites excluding steroid dienone is 26. The Bertz CT molecular complexity index is 1520. The van der Waals surface area contributed by atoms with Crippen molar-refractivity contribution in [2.45, 2.75) is 175 Å². The Morgan fingerprint density at radius 1 is 0.328 bits per heavy atom. The molecule has 0 N–H and O–H groups in total. The second kappa shape index (κ2) is 50.7. The molecule has 0 bridgehead atoms. The van der Waals surface area contributed by atoms with Crippen molar-refractivity contribution in [2.24, 2.45) is 0 Å². The van der Waals surface area contributed by atoms with Crippen LogP contribution in [0.4, 0.5) is 0 Å². The lowest BCUT2D eigenvalue weighted by Gasteiger charge is -2.18. The third-order valence-corrected chi connectivity index (χ3v) is 9.57. The molecule has 0 fully saturated rings.